The molecule has 0 aliphatic carbocycles. The van der Waals surface area contributed by atoms with Crippen molar-refractivity contribution in [2.24, 2.45) is 0 Å². The molecule has 0 saturated carbocycles. The highest BCUT2D eigenvalue weighted by Crippen LogP contribution is 2.19. The number of alkyl halides is 3. The topological polar surface area (TPSA) is 46.6 Å². The molecule has 0 aliphatic rings. The van der Waals surface area contributed by atoms with E-state index in [1.54, 1.807) is 6.92 Å². The summed E-state index contributed by atoms with van der Waals surface area (Å²) in [6, 6.07) is 0. The number of ether oxygens (including phenoxy) is 1. The lowest BCUT2D eigenvalue weighted by Crippen LogP contribution is -2.30. The zero-order chi connectivity index (χ0) is 13.5. The van der Waals surface area contributed by atoms with Gasteiger partial charge in [0.1, 0.15) is 6.42 Å². The minimum Gasteiger partial charge on any atom is -0.466 e. The maximum absolute atomic E-state index is 11.9. The molecule has 0 amide bonds. The van der Waals surface area contributed by atoms with Crippen molar-refractivity contribution in [2.75, 3.05) is 26.7 Å². The molecule has 0 rings (SSSR count). The Morgan fingerprint density at radius 2 is 1.88 bits per heavy atom. The first-order chi connectivity index (χ1) is 7.74. The van der Waals surface area contributed by atoms with Crippen LogP contribution in [0.1, 0.15) is 19.8 Å². The normalized spacial score (nSPS) is 11.6. The summed E-state index contributed by atoms with van der Waals surface area (Å²) in [4.78, 5) is 23.4. The summed E-state index contributed by atoms with van der Waals surface area (Å²) in [6.45, 7) is 1.33. The molecule has 0 fully saturated rings. The first-order valence-corrected chi connectivity index (χ1v) is 5.17. The number of ketones is 1. The van der Waals surface area contributed by atoms with Gasteiger partial charge in [-0.3, -0.25) is 14.5 Å². The summed E-state index contributed by atoms with van der Waals surface area (Å²) in [5.41, 5.74) is 0. The van der Waals surface area contributed by atoms with Crippen LogP contribution in [0, 0.1) is 0 Å². The average molecular weight is 255 g/mol. The number of likely N-dealkylation sites (N-methyl/N-ethyl adjacent to an activating group) is 1. The van der Waals surface area contributed by atoms with Gasteiger partial charge >= 0.3 is 12.1 Å². The largest absolute Gasteiger partial charge is 0.466 e. The van der Waals surface area contributed by atoms with Gasteiger partial charge in [-0.15, -0.1) is 0 Å². The van der Waals surface area contributed by atoms with Crippen molar-refractivity contribution in [2.45, 2.75) is 25.9 Å². The third-order valence-electron chi connectivity index (χ3n) is 1.87. The van der Waals surface area contributed by atoms with Crippen LogP contribution in [0.25, 0.3) is 0 Å². The summed E-state index contributed by atoms with van der Waals surface area (Å²) < 4.78 is 40.2. The van der Waals surface area contributed by atoms with Crippen molar-refractivity contribution in [3.63, 3.8) is 0 Å². The van der Waals surface area contributed by atoms with Gasteiger partial charge in [-0.25, -0.2) is 0 Å². The summed E-state index contributed by atoms with van der Waals surface area (Å²) in [7, 11) is 1.40. The van der Waals surface area contributed by atoms with Crippen LogP contribution in [0.3, 0.4) is 0 Å². The number of hydrogen-bond acceptors (Lipinski definition) is 4. The van der Waals surface area contributed by atoms with Crippen LogP contribution in [-0.2, 0) is 14.3 Å². The van der Waals surface area contributed by atoms with Crippen molar-refractivity contribution < 1.29 is 27.5 Å². The summed E-state index contributed by atoms with van der Waals surface area (Å²) in [5, 5.41) is 0. The van der Waals surface area contributed by atoms with Crippen LogP contribution in [0.2, 0.25) is 0 Å². The molecule has 0 aromatic rings. The van der Waals surface area contributed by atoms with E-state index in [9.17, 15) is 22.8 Å². The second kappa shape index (κ2) is 7.26. The summed E-state index contributed by atoms with van der Waals surface area (Å²) in [5.74, 6) is -1.10. The van der Waals surface area contributed by atoms with Crippen molar-refractivity contribution in [1.82, 2.24) is 4.90 Å². The number of carbonyl (C=O) groups is 2. The number of Topliss-reactive ketones (excluding diaryl/α,β-unsaturated/α-hetero) is 1. The van der Waals surface area contributed by atoms with Gasteiger partial charge in [0, 0.05) is 6.54 Å². The third kappa shape index (κ3) is 9.80. The molecule has 0 aromatic carbocycles. The van der Waals surface area contributed by atoms with E-state index in [2.05, 4.69) is 4.74 Å². The molecule has 0 N–H and O–H groups in total. The molecular formula is C10H16F3NO3. The second-order valence-corrected chi connectivity index (χ2v) is 3.62. The van der Waals surface area contributed by atoms with Gasteiger partial charge in [0.2, 0.25) is 0 Å². The van der Waals surface area contributed by atoms with Crippen LogP contribution in [0.5, 0.6) is 0 Å². The molecule has 0 spiro atoms. The lowest BCUT2D eigenvalue weighted by Gasteiger charge is -2.16. The Morgan fingerprint density at radius 1 is 1.29 bits per heavy atom. The fourth-order valence-corrected chi connectivity index (χ4v) is 1.13. The molecule has 0 saturated heterocycles. The van der Waals surface area contributed by atoms with Crippen molar-refractivity contribution in [3.05, 3.63) is 0 Å². The van der Waals surface area contributed by atoms with E-state index in [0.29, 0.717) is 0 Å². The molecule has 0 radical (unpaired) electrons. The first kappa shape index (κ1) is 15.9. The standard InChI is InChI=1S/C10H16F3NO3/c1-3-17-9(16)6-8(15)7-14(2)5-4-10(11,12)13/h3-7H2,1-2H3. The Kier molecular flexibility index (Phi) is 6.79. The molecule has 0 atom stereocenters. The molecule has 4 nitrogen and oxygen atoms in total. The smallest absolute Gasteiger partial charge is 0.390 e. The van der Waals surface area contributed by atoms with Gasteiger partial charge < -0.3 is 4.74 Å². The van der Waals surface area contributed by atoms with E-state index in [1.165, 1.54) is 11.9 Å². The highest BCUT2D eigenvalue weighted by molar-refractivity contribution is 5.96. The van der Waals surface area contributed by atoms with Crippen LogP contribution in [0.15, 0.2) is 0 Å². The molecule has 0 bridgehead atoms. The Balaban J connectivity index is 3.84. The van der Waals surface area contributed by atoms with E-state index < -0.39 is 30.8 Å². The predicted octanol–water partition coefficient (Wildman–Crippen LogP) is 1.39. The van der Waals surface area contributed by atoms with Gasteiger partial charge in [0.05, 0.1) is 19.6 Å². The fourth-order valence-electron chi connectivity index (χ4n) is 1.13. The predicted molar refractivity (Wildman–Crippen MR) is 54.4 cm³/mol. The summed E-state index contributed by atoms with van der Waals surface area (Å²) in [6.07, 6.45) is -5.61. The van der Waals surface area contributed by atoms with E-state index in [1.807, 2.05) is 0 Å². The minimum atomic E-state index is -4.24. The first-order valence-electron chi connectivity index (χ1n) is 5.17. The number of halogens is 3. The third-order valence-corrected chi connectivity index (χ3v) is 1.87. The number of esters is 1. The average Bonchev–Trinajstić information content (AvgIpc) is 2.13. The SMILES string of the molecule is CCOC(=O)CC(=O)CN(C)CCC(F)(F)F. The van der Waals surface area contributed by atoms with Crippen molar-refractivity contribution in [3.8, 4) is 0 Å². The molecule has 0 heterocycles. The summed E-state index contributed by atoms with van der Waals surface area (Å²) >= 11 is 0. The Labute approximate surface area is 97.7 Å². The van der Waals surface area contributed by atoms with Crippen LogP contribution in [-0.4, -0.2) is 49.6 Å². The van der Waals surface area contributed by atoms with Gasteiger partial charge in [-0.2, -0.15) is 13.2 Å². The van der Waals surface area contributed by atoms with Gasteiger partial charge in [-0.1, -0.05) is 0 Å². The Hall–Kier alpha value is -1.11. The van der Waals surface area contributed by atoms with E-state index in [0.717, 1.165) is 0 Å². The lowest BCUT2D eigenvalue weighted by molar-refractivity contribution is -0.147. The number of hydrogen-bond donors (Lipinski definition) is 0. The molecule has 17 heavy (non-hydrogen) atoms. The fraction of sp³-hybridized carbons (Fsp3) is 0.800. The van der Waals surface area contributed by atoms with E-state index in [-0.39, 0.29) is 19.7 Å². The van der Waals surface area contributed by atoms with Crippen LogP contribution < -0.4 is 0 Å². The van der Waals surface area contributed by atoms with Crippen molar-refractivity contribution >= 4 is 11.8 Å². The highest BCUT2D eigenvalue weighted by Gasteiger charge is 2.27. The number of nitrogens with zero attached hydrogens (tertiary/aromatic N) is 1. The van der Waals surface area contributed by atoms with E-state index in [4.69, 9.17) is 0 Å². The molecule has 100 valence electrons. The minimum absolute atomic E-state index is 0.177. The quantitative estimate of drug-likeness (QED) is 0.509. The van der Waals surface area contributed by atoms with E-state index >= 15 is 0 Å². The highest BCUT2D eigenvalue weighted by atomic mass is 19.4. The van der Waals surface area contributed by atoms with Gasteiger partial charge in [0.15, 0.2) is 5.78 Å². The van der Waals surface area contributed by atoms with Crippen molar-refractivity contribution in [1.29, 1.82) is 0 Å². The van der Waals surface area contributed by atoms with Gasteiger partial charge in [0.25, 0.3) is 0 Å². The van der Waals surface area contributed by atoms with Crippen LogP contribution in [0.4, 0.5) is 13.2 Å². The van der Waals surface area contributed by atoms with Crippen LogP contribution >= 0.6 is 0 Å². The monoisotopic (exact) mass is 255 g/mol. The number of carbonyl (C=O) groups excluding carboxylic acids is 2. The van der Waals surface area contributed by atoms with Gasteiger partial charge in [-0.05, 0) is 14.0 Å². The lowest BCUT2D eigenvalue weighted by atomic mass is 10.2. The molecular weight excluding hydrogens is 239 g/mol. The molecule has 0 aliphatic heterocycles. The molecule has 7 heteroatoms. The second-order valence-electron chi connectivity index (χ2n) is 3.62. The maximum Gasteiger partial charge on any atom is 0.390 e. The Morgan fingerprint density at radius 3 is 2.35 bits per heavy atom. The maximum atomic E-state index is 11.9. The molecule has 0 aromatic heterocycles. The Bertz CT molecular complexity index is 266. The molecule has 0 unspecified atom stereocenters. The zero-order valence-electron chi connectivity index (χ0n) is 9.84. The zero-order valence-corrected chi connectivity index (χ0v) is 9.84. The number of rotatable bonds is 7.